The number of thioether (sulfide) groups is 1. The van der Waals surface area contributed by atoms with Gasteiger partial charge in [0.05, 0.1) is 18.0 Å². The topological polar surface area (TPSA) is 88.9 Å². The fourth-order valence-electron chi connectivity index (χ4n) is 3.96. The van der Waals surface area contributed by atoms with Crippen LogP contribution in [0.1, 0.15) is 44.0 Å². The highest BCUT2D eigenvalue weighted by Crippen LogP contribution is 2.26. The van der Waals surface area contributed by atoms with Crippen LogP contribution in [0.25, 0.3) is 5.69 Å². The second-order valence-corrected chi connectivity index (χ2v) is 10.1. The maximum Gasteiger partial charge on any atom is 0.251 e. The molecule has 8 heteroatoms. The van der Waals surface area contributed by atoms with Gasteiger partial charge in [-0.25, -0.2) is 0 Å². The summed E-state index contributed by atoms with van der Waals surface area (Å²) >= 11 is 1.31. The Bertz CT molecular complexity index is 1460. The highest BCUT2D eigenvalue weighted by molar-refractivity contribution is 7.99. The van der Waals surface area contributed by atoms with E-state index >= 15 is 0 Å². The Morgan fingerprint density at radius 2 is 1.62 bits per heavy atom. The van der Waals surface area contributed by atoms with Gasteiger partial charge < -0.3 is 10.6 Å². The van der Waals surface area contributed by atoms with E-state index in [1.165, 1.54) is 11.8 Å². The first-order chi connectivity index (χ1) is 17.7. The minimum atomic E-state index is -0.179. The number of nitrogens with zero attached hydrogens (tertiary/aromatic N) is 3. The lowest BCUT2D eigenvalue weighted by Crippen LogP contribution is -2.25. The second kappa shape index (κ2) is 11.4. The summed E-state index contributed by atoms with van der Waals surface area (Å²) in [7, 11) is 0. The number of carbonyl (C=O) groups is 2. The van der Waals surface area contributed by atoms with Crippen molar-refractivity contribution >= 4 is 29.3 Å². The fourth-order valence-corrected chi connectivity index (χ4v) is 4.73. The van der Waals surface area contributed by atoms with Gasteiger partial charge in [0.25, 0.3) is 5.91 Å². The Balaban J connectivity index is 1.56. The molecule has 0 saturated heterocycles. The minimum Gasteiger partial charge on any atom is -0.345 e. The smallest absolute Gasteiger partial charge is 0.251 e. The standard InChI is InChI=1S/C29H31N5O2S/c1-18-8-6-10-23(14-18)28(36)30-16-26-32-33-29(34(26)25-11-7-9-20(3)22(25)5)37-17-27(35)31-24-15-19(2)12-13-21(24)4/h6-15H,16-17H2,1-5H3,(H,30,36)(H,31,35). The first-order valence-electron chi connectivity index (χ1n) is 12.1. The average molecular weight is 514 g/mol. The highest BCUT2D eigenvalue weighted by atomic mass is 32.2. The molecule has 2 N–H and O–H groups in total. The Kier molecular flexibility index (Phi) is 8.08. The highest BCUT2D eigenvalue weighted by Gasteiger charge is 2.19. The third-order valence-electron chi connectivity index (χ3n) is 6.20. The van der Waals surface area contributed by atoms with Gasteiger partial charge in [-0.05, 0) is 81.1 Å². The predicted octanol–water partition coefficient (Wildman–Crippen LogP) is 5.47. The number of benzene rings is 3. The average Bonchev–Trinajstić information content (AvgIpc) is 3.27. The van der Waals surface area contributed by atoms with Crippen LogP contribution in [0, 0.1) is 34.6 Å². The number of rotatable bonds is 8. The predicted molar refractivity (Wildman–Crippen MR) is 148 cm³/mol. The van der Waals surface area contributed by atoms with E-state index in [9.17, 15) is 9.59 Å². The van der Waals surface area contributed by atoms with Crippen LogP contribution in [0.4, 0.5) is 5.69 Å². The van der Waals surface area contributed by atoms with E-state index in [1.807, 2.05) is 93.8 Å². The summed E-state index contributed by atoms with van der Waals surface area (Å²) in [6.45, 7) is 10.2. The number of amides is 2. The number of aromatic nitrogens is 3. The van der Waals surface area contributed by atoms with Crippen molar-refractivity contribution in [3.8, 4) is 5.69 Å². The van der Waals surface area contributed by atoms with Crippen LogP contribution < -0.4 is 10.6 Å². The van der Waals surface area contributed by atoms with Crippen molar-refractivity contribution in [2.45, 2.75) is 46.3 Å². The van der Waals surface area contributed by atoms with E-state index < -0.39 is 0 Å². The molecule has 1 heterocycles. The number of hydrogen-bond donors (Lipinski definition) is 2. The Morgan fingerprint density at radius 1 is 0.865 bits per heavy atom. The van der Waals surface area contributed by atoms with E-state index in [1.54, 1.807) is 6.07 Å². The molecule has 4 aromatic rings. The molecular weight excluding hydrogens is 482 g/mol. The monoisotopic (exact) mass is 513 g/mol. The Hall–Kier alpha value is -3.91. The summed E-state index contributed by atoms with van der Waals surface area (Å²) < 4.78 is 1.93. The molecule has 0 aliphatic heterocycles. The molecule has 4 rings (SSSR count). The van der Waals surface area contributed by atoms with Gasteiger partial charge in [0.1, 0.15) is 0 Å². The van der Waals surface area contributed by atoms with E-state index in [2.05, 4.69) is 20.8 Å². The van der Waals surface area contributed by atoms with Gasteiger partial charge in [0, 0.05) is 11.3 Å². The molecule has 7 nitrogen and oxygen atoms in total. The molecule has 0 atom stereocenters. The van der Waals surface area contributed by atoms with Crippen molar-refractivity contribution in [3.05, 3.63) is 99.9 Å². The summed E-state index contributed by atoms with van der Waals surface area (Å²) in [5.74, 6) is 0.462. The third-order valence-corrected chi connectivity index (χ3v) is 7.13. The molecule has 0 aliphatic rings. The van der Waals surface area contributed by atoms with Gasteiger partial charge in [0.2, 0.25) is 5.91 Å². The number of hydrogen-bond acceptors (Lipinski definition) is 5. The van der Waals surface area contributed by atoms with Crippen molar-refractivity contribution in [1.82, 2.24) is 20.1 Å². The SMILES string of the molecule is Cc1cccc(C(=O)NCc2nnc(SCC(=O)Nc3cc(C)ccc3C)n2-c2cccc(C)c2C)c1. The molecule has 0 radical (unpaired) electrons. The van der Waals surface area contributed by atoms with E-state index in [0.29, 0.717) is 16.5 Å². The number of nitrogens with one attached hydrogen (secondary N) is 2. The molecule has 1 aromatic heterocycles. The lowest BCUT2D eigenvalue weighted by molar-refractivity contribution is -0.113. The van der Waals surface area contributed by atoms with Crippen molar-refractivity contribution < 1.29 is 9.59 Å². The van der Waals surface area contributed by atoms with Gasteiger partial charge in [-0.15, -0.1) is 10.2 Å². The molecule has 2 amide bonds. The molecule has 0 bridgehead atoms. The molecule has 0 unspecified atom stereocenters. The van der Waals surface area contributed by atoms with Crippen LogP contribution in [0.3, 0.4) is 0 Å². The summed E-state index contributed by atoms with van der Waals surface area (Å²) in [5.41, 5.74) is 7.64. The summed E-state index contributed by atoms with van der Waals surface area (Å²) in [4.78, 5) is 25.5. The van der Waals surface area contributed by atoms with E-state index in [4.69, 9.17) is 0 Å². The number of aryl methyl sites for hydroxylation is 4. The van der Waals surface area contributed by atoms with Crippen LogP contribution in [0.15, 0.2) is 65.8 Å². The molecule has 190 valence electrons. The maximum atomic E-state index is 12.8. The largest absolute Gasteiger partial charge is 0.345 e. The molecule has 0 aliphatic carbocycles. The molecule has 0 saturated carbocycles. The third kappa shape index (κ3) is 6.27. The number of anilines is 1. The number of carbonyl (C=O) groups excluding carboxylic acids is 2. The summed E-state index contributed by atoms with van der Waals surface area (Å²) in [5, 5.41) is 15.3. The zero-order chi connectivity index (χ0) is 26.5. The second-order valence-electron chi connectivity index (χ2n) is 9.16. The fraction of sp³-hybridized carbons (Fsp3) is 0.241. The Labute approximate surface area is 221 Å². The van der Waals surface area contributed by atoms with Crippen molar-refractivity contribution in [2.24, 2.45) is 0 Å². The quantitative estimate of drug-likeness (QED) is 0.305. The molecule has 0 fully saturated rings. The lowest BCUT2D eigenvalue weighted by atomic mass is 10.1. The van der Waals surface area contributed by atoms with Crippen LogP contribution in [-0.4, -0.2) is 32.3 Å². The summed E-state index contributed by atoms with van der Waals surface area (Å²) in [6.07, 6.45) is 0. The van der Waals surface area contributed by atoms with Gasteiger partial charge in [-0.2, -0.15) is 0 Å². The van der Waals surface area contributed by atoms with Crippen molar-refractivity contribution in [1.29, 1.82) is 0 Å². The van der Waals surface area contributed by atoms with Crippen LogP contribution in [-0.2, 0) is 11.3 Å². The minimum absolute atomic E-state index is 0.122. The first-order valence-corrected chi connectivity index (χ1v) is 13.1. The van der Waals surface area contributed by atoms with Gasteiger partial charge >= 0.3 is 0 Å². The maximum absolute atomic E-state index is 12.8. The van der Waals surface area contributed by atoms with Crippen LogP contribution in [0.2, 0.25) is 0 Å². The molecular formula is C29H31N5O2S. The zero-order valence-electron chi connectivity index (χ0n) is 21.8. The van der Waals surface area contributed by atoms with Crippen molar-refractivity contribution in [2.75, 3.05) is 11.1 Å². The summed E-state index contributed by atoms with van der Waals surface area (Å²) in [6, 6.07) is 19.5. The first kappa shape index (κ1) is 26.2. The van der Waals surface area contributed by atoms with E-state index in [0.717, 1.165) is 39.2 Å². The van der Waals surface area contributed by atoms with Gasteiger partial charge in [-0.3, -0.25) is 14.2 Å². The van der Waals surface area contributed by atoms with Crippen molar-refractivity contribution in [3.63, 3.8) is 0 Å². The molecule has 37 heavy (non-hydrogen) atoms. The van der Waals surface area contributed by atoms with Gasteiger partial charge in [0.15, 0.2) is 11.0 Å². The van der Waals surface area contributed by atoms with E-state index in [-0.39, 0.29) is 24.1 Å². The van der Waals surface area contributed by atoms with Crippen LogP contribution in [0.5, 0.6) is 0 Å². The molecule has 0 spiro atoms. The molecule has 3 aromatic carbocycles. The normalized spacial score (nSPS) is 10.8. The van der Waals surface area contributed by atoms with Gasteiger partial charge in [-0.1, -0.05) is 53.7 Å². The van der Waals surface area contributed by atoms with Crippen LogP contribution >= 0.6 is 11.8 Å². The lowest BCUT2D eigenvalue weighted by Gasteiger charge is -2.15. The Morgan fingerprint density at radius 3 is 2.41 bits per heavy atom. The zero-order valence-corrected chi connectivity index (χ0v) is 22.6.